The number of hydrogen-bond donors (Lipinski definition) is 1. The van der Waals surface area contributed by atoms with Crippen LogP contribution in [0.1, 0.15) is 37.3 Å². The number of carbonyl (C=O) groups excluding carboxylic acids is 1. The van der Waals surface area contributed by atoms with Gasteiger partial charge in [0.2, 0.25) is 5.91 Å². The molecule has 2 aromatic carbocycles. The summed E-state index contributed by atoms with van der Waals surface area (Å²) in [6.07, 6.45) is 1.38. The Hall–Kier alpha value is -2.66. The lowest BCUT2D eigenvalue weighted by molar-refractivity contribution is -0.115. The topological polar surface area (TPSA) is 51.2 Å². The van der Waals surface area contributed by atoms with Crippen molar-refractivity contribution < 1.29 is 9.53 Å². The second-order valence-corrected chi connectivity index (χ2v) is 7.36. The van der Waals surface area contributed by atoms with Gasteiger partial charge in [-0.05, 0) is 24.0 Å². The average molecular weight is 381 g/mol. The summed E-state index contributed by atoms with van der Waals surface area (Å²) in [4.78, 5) is 16.9. The number of ether oxygens (including phenoxy) is 1. The van der Waals surface area contributed by atoms with Gasteiger partial charge in [0, 0.05) is 16.5 Å². The Labute approximate surface area is 164 Å². The number of para-hydroxylation sites is 1. The first kappa shape index (κ1) is 19.1. The molecule has 0 bridgehead atoms. The second-order valence-electron chi connectivity index (χ2n) is 6.51. The summed E-state index contributed by atoms with van der Waals surface area (Å²) in [6, 6.07) is 16.0. The van der Waals surface area contributed by atoms with Gasteiger partial charge >= 0.3 is 0 Å². The van der Waals surface area contributed by atoms with Crippen molar-refractivity contribution >= 4 is 22.4 Å². The molecule has 3 aromatic rings. The van der Waals surface area contributed by atoms with Crippen molar-refractivity contribution in [3.05, 3.63) is 65.0 Å². The van der Waals surface area contributed by atoms with Gasteiger partial charge in [-0.1, -0.05) is 56.3 Å². The van der Waals surface area contributed by atoms with Crippen LogP contribution in [0, 0.1) is 0 Å². The number of nitrogens with zero attached hydrogens (tertiary/aromatic N) is 1. The molecule has 0 saturated heterocycles. The van der Waals surface area contributed by atoms with Gasteiger partial charge < -0.3 is 10.1 Å². The normalized spacial score (nSPS) is 11.8. The lowest BCUT2D eigenvalue weighted by Gasteiger charge is -2.09. The van der Waals surface area contributed by atoms with Crippen LogP contribution < -0.4 is 10.1 Å². The Morgan fingerprint density at radius 3 is 2.63 bits per heavy atom. The zero-order valence-electron chi connectivity index (χ0n) is 15.9. The minimum atomic E-state index is -0.104. The van der Waals surface area contributed by atoms with Crippen LogP contribution in [-0.2, 0) is 11.2 Å². The predicted molar refractivity (Wildman–Crippen MR) is 112 cm³/mol. The molecule has 0 aliphatic rings. The maximum Gasteiger partial charge on any atom is 0.230 e. The summed E-state index contributed by atoms with van der Waals surface area (Å²) in [5, 5.41) is 5.46. The number of amides is 1. The molecule has 5 heteroatoms. The highest BCUT2D eigenvalue weighted by Gasteiger charge is 2.12. The third kappa shape index (κ3) is 4.74. The van der Waals surface area contributed by atoms with Gasteiger partial charge in [-0.25, -0.2) is 4.98 Å². The molecule has 4 nitrogen and oxygen atoms in total. The second kappa shape index (κ2) is 8.82. The number of methoxy groups -OCH3 is 1. The summed E-state index contributed by atoms with van der Waals surface area (Å²) < 4.78 is 5.30. The molecular weight excluding hydrogens is 356 g/mol. The third-order valence-corrected chi connectivity index (χ3v) is 5.44. The predicted octanol–water partition coefficient (Wildman–Crippen LogP) is 5.51. The molecule has 27 heavy (non-hydrogen) atoms. The van der Waals surface area contributed by atoms with Crippen LogP contribution in [0.15, 0.2) is 53.9 Å². The van der Waals surface area contributed by atoms with E-state index in [0.29, 0.717) is 16.8 Å². The van der Waals surface area contributed by atoms with E-state index >= 15 is 0 Å². The Morgan fingerprint density at radius 2 is 1.93 bits per heavy atom. The Morgan fingerprint density at radius 1 is 1.19 bits per heavy atom. The highest BCUT2D eigenvalue weighted by Crippen LogP contribution is 2.27. The molecule has 140 valence electrons. The lowest BCUT2D eigenvalue weighted by atomic mass is 9.97. The Bertz CT molecular complexity index is 903. The maximum absolute atomic E-state index is 12.3. The van der Waals surface area contributed by atoms with Crippen molar-refractivity contribution in [2.75, 3.05) is 12.4 Å². The van der Waals surface area contributed by atoms with E-state index < -0.39 is 0 Å². The summed E-state index contributed by atoms with van der Waals surface area (Å²) in [7, 11) is 1.61. The molecule has 0 spiro atoms. The molecule has 0 unspecified atom stereocenters. The molecule has 3 rings (SSSR count). The quantitative estimate of drug-likeness (QED) is 0.588. The molecule has 0 aliphatic heterocycles. The van der Waals surface area contributed by atoms with Crippen molar-refractivity contribution in [1.29, 1.82) is 0 Å². The summed E-state index contributed by atoms with van der Waals surface area (Å²) >= 11 is 1.43. The number of hydrogen-bond acceptors (Lipinski definition) is 4. The van der Waals surface area contributed by atoms with E-state index in [1.165, 1.54) is 16.9 Å². The molecule has 0 fully saturated rings. The number of carbonyl (C=O) groups is 1. The fourth-order valence-electron chi connectivity index (χ4n) is 2.87. The van der Waals surface area contributed by atoms with Crippen molar-refractivity contribution in [3.8, 4) is 17.0 Å². The summed E-state index contributed by atoms with van der Waals surface area (Å²) in [5.41, 5.74) is 4.13. The highest BCUT2D eigenvalue weighted by atomic mass is 32.1. The summed E-state index contributed by atoms with van der Waals surface area (Å²) in [6.45, 7) is 4.42. The van der Waals surface area contributed by atoms with Crippen LogP contribution in [0.5, 0.6) is 5.75 Å². The lowest BCUT2D eigenvalue weighted by Crippen LogP contribution is -2.14. The van der Waals surface area contributed by atoms with E-state index in [1.807, 2.05) is 29.6 Å². The first-order valence-electron chi connectivity index (χ1n) is 9.08. The molecule has 1 atom stereocenters. The Balaban J connectivity index is 1.66. The van der Waals surface area contributed by atoms with Crippen LogP contribution in [0.2, 0.25) is 0 Å². The van der Waals surface area contributed by atoms with E-state index in [9.17, 15) is 4.79 Å². The molecule has 0 saturated carbocycles. The largest absolute Gasteiger partial charge is 0.496 e. The van der Waals surface area contributed by atoms with E-state index in [4.69, 9.17) is 4.74 Å². The fourth-order valence-corrected chi connectivity index (χ4v) is 3.60. The van der Waals surface area contributed by atoms with Crippen molar-refractivity contribution in [1.82, 2.24) is 4.98 Å². The van der Waals surface area contributed by atoms with Crippen molar-refractivity contribution in [2.24, 2.45) is 0 Å². The maximum atomic E-state index is 12.3. The first-order valence-corrected chi connectivity index (χ1v) is 9.96. The number of thiazole rings is 1. The zero-order valence-corrected chi connectivity index (χ0v) is 16.7. The van der Waals surface area contributed by atoms with Crippen LogP contribution >= 0.6 is 11.3 Å². The van der Waals surface area contributed by atoms with Gasteiger partial charge in [0.05, 0.1) is 19.2 Å². The molecule has 1 amide bonds. The summed E-state index contributed by atoms with van der Waals surface area (Å²) in [5.74, 6) is 1.17. The van der Waals surface area contributed by atoms with Crippen molar-refractivity contribution in [3.63, 3.8) is 0 Å². The average Bonchev–Trinajstić information content (AvgIpc) is 3.16. The van der Waals surface area contributed by atoms with Crippen LogP contribution in [0.25, 0.3) is 11.3 Å². The fraction of sp³-hybridized carbons (Fsp3) is 0.273. The van der Waals surface area contributed by atoms with Gasteiger partial charge in [-0.2, -0.15) is 0 Å². The molecule has 1 aromatic heterocycles. The molecule has 1 heterocycles. The number of nitrogens with one attached hydrogen (secondary N) is 1. The first-order chi connectivity index (χ1) is 13.1. The molecular formula is C22H24N2O2S. The third-order valence-electron chi connectivity index (χ3n) is 4.68. The minimum Gasteiger partial charge on any atom is -0.496 e. The Kier molecular flexibility index (Phi) is 6.24. The van der Waals surface area contributed by atoms with E-state index in [-0.39, 0.29) is 12.3 Å². The SMILES string of the molecule is CC[C@H](C)c1ccc(-c2csc(NC(=O)Cc3ccccc3OC)n2)cc1. The monoisotopic (exact) mass is 380 g/mol. The van der Waals surface area contributed by atoms with Gasteiger partial charge in [-0.15, -0.1) is 11.3 Å². The number of anilines is 1. The number of aromatic nitrogens is 1. The molecule has 0 radical (unpaired) electrons. The molecule has 0 aliphatic carbocycles. The van der Waals surface area contributed by atoms with E-state index in [0.717, 1.165) is 23.2 Å². The van der Waals surface area contributed by atoms with Gasteiger partial charge in [-0.3, -0.25) is 4.79 Å². The van der Waals surface area contributed by atoms with E-state index in [2.05, 4.69) is 48.4 Å². The van der Waals surface area contributed by atoms with Crippen LogP contribution in [-0.4, -0.2) is 18.0 Å². The number of rotatable bonds is 7. The zero-order chi connectivity index (χ0) is 19.2. The minimum absolute atomic E-state index is 0.104. The van der Waals surface area contributed by atoms with Crippen LogP contribution in [0.4, 0.5) is 5.13 Å². The molecule has 1 N–H and O–H groups in total. The van der Waals surface area contributed by atoms with E-state index in [1.54, 1.807) is 7.11 Å². The van der Waals surface area contributed by atoms with Gasteiger partial charge in [0.25, 0.3) is 0 Å². The smallest absolute Gasteiger partial charge is 0.230 e. The van der Waals surface area contributed by atoms with Crippen LogP contribution in [0.3, 0.4) is 0 Å². The van der Waals surface area contributed by atoms with Gasteiger partial charge in [0.15, 0.2) is 5.13 Å². The standard InChI is InChI=1S/C22H24N2O2S/c1-4-15(2)16-9-11-17(12-10-16)19-14-27-22(23-19)24-21(25)13-18-7-5-6-8-20(18)26-3/h5-12,14-15H,4,13H2,1-3H3,(H,23,24,25)/t15-/m0/s1. The highest BCUT2D eigenvalue weighted by molar-refractivity contribution is 7.14. The number of benzene rings is 2. The van der Waals surface area contributed by atoms with Crippen molar-refractivity contribution in [2.45, 2.75) is 32.6 Å². The van der Waals surface area contributed by atoms with Gasteiger partial charge in [0.1, 0.15) is 5.75 Å².